The summed E-state index contributed by atoms with van der Waals surface area (Å²) in [6.07, 6.45) is 1.11. The summed E-state index contributed by atoms with van der Waals surface area (Å²) in [4.78, 5) is 14.9. The molecule has 2 N–H and O–H groups in total. The third-order valence-electron chi connectivity index (χ3n) is 3.27. The molecule has 1 aromatic heterocycles. The number of H-pyrrole nitrogens is 1. The van der Waals surface area contributed by atoms with Gasteiger partial charge in [-0.3, -0.25) is 4.79 Å². The fourth-order valence-corrected chi connectivity index (χ4v) is 2.37. The standard InChI is InChI=1S/C13H14N2O/c16-13-11-4-2-1-3-9(11)7-12(15-13)10-5-6-14-8-10/h1-4,7,10,14H,5-6,8H2,(H,15,16). The minimum Gasteiger partial charge on any atom is -0.325 e. The van der Waals surface area contributed by atoms with Crippen molar-refractivity contribution in [3.8, 4) is 0 Å². The summed E-state index contributed by atoms with van der Waals surface area (Å²) in [6.45, 7) is 2.01. The molecule has 0 aliphatic carbocycles. The minimum absolute atomic E-state index is 0.0278. The van der Waals surface area contributed by atoms with E-state index in [0.29, 0.717) is 5.92 Å². The first-order chi connectivity index (χ1) is 7.84. The van der Waals surface area contributed by atoms with Crippen molar-refractivity contribution in [1.82, 2.24) is 10.3 Å². The second-order valence-electron chi connectivity index (χ2n) is 4.33. The van der Waals surface area contributed by atoms with Gasteiger partial charge >= 0.3 is 0 Å². The second-order valence-corrected chi connectivity index (χ2v) is 4.33. The molecule has 1 unspecified atom stereocenters. The van der Waals surface area contributed by atoms with Gasteiger partial charge in [0, 0.05) is 23.5 Å². The highest BCUT2D eigenvalue weighted by Gasteiger charge is 2.17. The van der Waals surface area contributed by atoms with Crippen molar-refractivity contribution in [3.05, 3.63) is 46.4 Å². The van der Waals surface area contributed by atoms with E-state index in [-0.39, 0.29) is 5.56 Å². The predicted molar refractivity (Wildman–Crippen MR) is 64.8 cm³/mol. The Morgan fingerprint density at radius 2 is 2.12 bits per heavy atom. The number of nitrogens with one attached hydrogen (secondary N) is 2. The van der Waals surface area contributed by atoms with Crippen LogP contribution in [0.25, 0.3) is 10.8 Å². The molecule has 1 fully saturated rings. The van der Waals surface area contributed by atoms with E-state index in [1.54, 1.807) is 0 Å². The number of fused-ring (bicyclic) bond motifs is 1. The first kappa shape index (κ1) is 9.60. The Kier molecular flexibility index (Phi) is 2.26. The molecule has 1 aliphatic rings. The van der Waals surface area contributed by atoms with Crippen molar-refractivity contribution in [1.29, 1.82) is 0 Å². The molecule has 0 spiro atoms. The first-order valence-electron chi connectivity index (χ1n) is 5.67. The number of hydrogen-bond donors (Lipinski definition) is 2. The molecule has 2 heterocycles. The summed E-state index contributed by atoms with van der Waals surface area (Å²) in [5.74, 6) is 0.456. The largest absolute Gasteiger partial charge is 0.325 e. The highest BCUT2D eigenvalue weighted by molar-refractivity contribution is 5.81. The number of rotatable bonds is 1. The topological polar surface area (TPSA) is 44.9 Å². The van der Waals surface area contributed by atoms with E-state index in [1.807, 2.05) is 24.3 Å². The lowest BCUT2D eigenvalue weighted by molar-refractivity contribution is 0.734. The molecule has 82 valence electrons. The molecule has 0 radical (unpaired) electrons. The third kappa shape index (κ3) is 1.53. The molecule has 16 heavy (non-hydrogen) atoms. The Hall–Kier alpha value is -1.61. The maximum atomic E-state index is 11.9. The van der Waals surface area contributed by atoms with Gasteiger partial charge in [-0.25, -0.2) is 0 Å². The molecule has 1 aliphatic heterocycles. The average Bonchev–Trinajstić information content (AvgIpc) is 2.82. The number of aromatic amines is 1. The quantitative estimate of drug-likeness (QED) is 0.757. The van der Waals surface area contributed by atoms with Gasteiger partial charge in [-0.15, -0.1) is 0 Å². The van der Waals surface area contributed by atoms with E-state index < -0.39 is 0 Å². The number of hydrogen-bond acceptors (Lipinski definition) is 2. The molecule has 1 saturated heterocycles. The molecule has 3 rings (SSSR count). The van der Waals surface area contributed by atoms with Gasteiger partial charge < -0.3 is 10.3 Å². The van der Waals surface area contributed by atoms with Crippen molar-refractivity contribution in [2.24, 2.45) is 0 Å². The number of pyridine rings is 1. The normalized spacial score (nSPS) is 20.4. The summed E-state index contributed by atoms with van der Waals surface area (Å²) in [7, 11) is 0. The Balaban J connectivity index is 2.17. The molecule has 0 amide bonds. The SMILES string of the molecule is O=c1[nH]c(C2CCNC2)cc2ccccc12. The van der Waals surface area contributed by atoms with Gasteiger partial charge in [-0.05, 0) is 30.5 Å². The van der Waals surface area contributed by atoms with Crippen LogP contribution in [-0.2, 0) is 0 Å². The van der Waals surface area contributed by atoms with E-state index in [1.165, 1.54) is 0 Å². The molecular weight excluding hydrogens is 200 g/mol. The number of benzene rings is 1. The molecule has 1 aromatic carbocycles. The Bertz CT molecular complexity index is 567. The zero-order chi connectivity index (χ0) is 11.0. The van der Waals surface area contributed by atoms with Gasteiger partial charge in [0.1, 0.15) is 0 Å². The highest BCUT2D eigenvalue weighted by Crippen LogP contribution is 2.21. The van der Waals surface area contributed by atoms with Crippen LogP contribution in [0.4, 0.5) is 0 Å². The van der Waals surface area contributed by atoms with Gasteiger partial charge in [0.25, 0.3) is 5.56 Å². The molecular formula is C13H14N2O. The van der Waals surface area contributed by atoms with Crippen LogP contribution in [0.15, 0.2) is 35.1 Å². The van der Waals surface area contributed by atoms with Crippen molar-refractivity contribution in [2.45, 2.75) is 12.3 Å². The van der Waals surface area contributed by atoms with E-state index in [4.69, 9.17) is 0 Å². The zero-order valence-electron chi connectivity index (χ0n) is 8.99. The van der Waals surface area contributed by atoms with Gasteiger partial charge in [0.15, 0.2) is 0 Å². The Labute approximate surface area is 93.5 Å². The van der Waals surface area contributed by atoms with Crippen LogP contribution in [0.3, 0.4) is 0 Å². The van der Waals surface area contributed by atoms with E-state index in [0.717, 1.165) is 36.0 Å². The maximum absolute atomic E-state index is 11.9. The Morgan fingerprint density at radius 3 is 2.94 bits per heavy atom. The van der Waals surface area contributed by atoms with E-state index in [2.05, 4.69) is 16.4 Å². The van der Waals surface area contributed by atoms with Gasteiger partial charge in [0.05, 0.1) is 0 Å². The molecule has 3 nitrogen and oxygen atoms in total. The van der Waals surface area contributed by atoms with Crippen molar-refractivity contribution in [2.75, 3.05) is 13.1 Å². The van der Waals surface area contributed by atoms with E-state index in [9.17, 15) is 4.79 Å². The average molecular weight is 214 g/mol. The van der Waals surface area contributed by atoms with Gasteiger partial charge in [-0.2, -0.15) is 0 Å². The zero-order valence-corrected chi connectivity index (χ0v) is 8.99. The van der Waals surface area contributed by atoms with Crippen LogP contribution in [-0.4, -0.2) is 18.1 Å². The summed E-state index contributed by atoms with van der Waals surface area (Å²) < 4.78 is 0. The minimum atomic E-state index is 0.0278. The van der Waals surface area contributed by atoms with Crippen molar-refractivity contribution < 1.29 is 0 Å². The summed E-state index contributed by atoms with van der Waals surface area (Å²) >= 11 is 0. The molecule has 1 atom stereocenters. The Morgan fingerprint density at radius 1 is 1.25 bits per heavy atom. The predicted octanol–water partition coefficient (Wildman–Crippen LogP) is 1.60. The van der Waals surface area contributed by atoms with Gasteiger partial charge in [0.2, 0.25) is 0 Å². The lowest BCUT2D eigenvalue weighted by Crippen LogP contribution is -2.14. The van der Waals surface area contributed by atoms with Crippen LogP contribution < -0.4 is 10.9 Å². The third-order valence-corrected chi connectivity index (χ3v) is 3.27. The van der Waals surface area contributed by atoms with Crippen LogP contribution in [0.1, 0.15) is 18.0 Å². The second kappa shape index (κ2) is 3.76. The fourth-order valence-electron chi connectivity index (χ4n) is 2.37. The molecule has 3 heteroatoms. The summed E-state index contributed by atoms with van der Waals surface area (Å²) in [6, 6.07) is 9.84. The van der Waals surface area contributed by atoms with Crippen LogP contribution in [0.5, 0.6) is 0 Å². The maximum Gasteiger partial charge on any atom is 0.256 e. The first-order valence-corrected chi connectivity index (χ1v) is 5.67. The fraction of sp³-hybridized carbons (Fsp3) is 0.308. The van der Waals surface area contributed by atoms with Crippen molar-refractivity contribution in [3.63, 3.8) is 0 Å². The van der Waals surface area contributed by atoms with E-state index >= 15 is 0 Å². The molecule has 0 saturated carbocycles. The lowest BCUT2D eigenvalue weighted by Gasteiger charge is -2.09. The molecule has 0 bridgehead atoms. The van der Waals surface area contributed by atoms with Crippen molar-refractivity contribution >= 4 is 10.8 Å². The summed E-state index contributed by atoms with van der Waals surface area (Å²) in [5.41, 5.74) is 1.09. The smallest absolute Gasteiger partial charge is 0.256 e. The van der Waals surface area contributed by atoms with Crippen LogP contribution >= 0.6 is 0 Å². The summed E-state index contributed by atoms with van der Waals surface area (Å²) in [5, 5.41) is 5.13. The van der Waals surface area contributed by atoms with Crippen LogP contribution in [0.2, 0.25) is 0 Å². The highest BCUT2D eigenvalue weighted by atomic mass is 16.1. The van der Waals surface area contributed by atoms with Gasteiger partial charge in [-0.1, -0.05) is 18.2 Å². The van der Waals surface area contributed by atoms with Crippen LogP contribution in [0, 0.1) is 0 Å². The molecule has 2 aromatic rings. The lowest BCUT2D eigenvalue weighted by atomic mass is 10.0. The monoisotopic (exact) mass is 214 g/mol. The number of aromatic nitrogens is 1.